The van der Waals surface area contributed by atoms with E-state index in [1.54, 1.807) is 16.1 Å². The molecule has 26 heavy (non-hydrogen) atoms. The number of hydrogen-bond donors (Lipinski definition) is 2. The third-order valence-electron chi connectivity index (χ3n) is 5.98. The summed E-state index contributed by atoms with van der Waals surface area (Å²) in [5.41, 5.74) is 5.12. The van der Waals surface area contributed by atoms with Gasteiger partial charge in [0.15, 0.2) is 0 Å². The predicted octanol–water partition coefficient (Wildman–Crippen LogP) is 5.90. The van der Waals surface area contributed by atoms with Crippen LogP contribution >= 0.6 is 34.4 Å². The van der Waals surface area contributed by atoms with E-state index >= 15 is 0 Å². The Balaban J connectivity index is 0.000000613. The van der Waals surface area contributed by atoms with Gasteiger partial charge in [-0.15, -0.1) is 0 Å². The zero-order chi connectivity index (χ0) is 19.3. The van der Waals surface area contributed by atoms with Crippen LogP contribution in [0.15, 0.2) is 36.4 Å². The first kappa shape index (κ1) is 19.8. The van der Waals surface area contributed by atoms with Crippen molar-refractivity contribution in [3.05, 3.63) is 58.7 Å². The molecule has 0 bridgehead atoms. The first-order valence-corrected chi connectivity index (χ1v) is 10.5. The topological polar surface area (TPSA) is 40.5 Å². The molecule has 0 aromatic heterocycles. The summed E-state index contributed by atoms with van der Waals surface area (Å²) in [7, 11) is 0. The molecule has 136 valence electrons. The van der Waals surface area contributed by atoms with Crippen LogP contribution in [0, 0.1) is 0 Å². The SMILES string of the molecule is CC1(C)CC2(CC(C)(C)c3ccc(O)cc32)c2cc(O)ccc21.S=BI. The van der Waals surface area contributed by atoms with E-state index in [0.29, 0.717) is 11.5 Å². The molecule has 1 spiro atoms. The van der Waals surface area contributed by atoms with Crippen LogP contribution in [-0.4, -0.2) is 14.2 Å². The van der Waals surface area contributed by atoms with Crippen LogP contribution in [-0.2, 0) is 16.2 Å². The van der Waals surface area contributed by atoms with Gasteiger partial charge in [-0.25, -0.2) is 0 Å². The van der Waals surface area contributed by atoms with Gasteiger partial charge >= 0.3 is 38.4 Å². The van der Waals surface area contributed by atoms with Crippen molar-refractivity contribution in [3.8, 4) is 11.5 Å². The third kappa shape index (κ3) is 3.01. The van der Waals surface area contributed by atoms with Gasteiger partial charge in [-0.05, 0) is 70.2 Å². The predicted molar refractivity (Wildman–Crippen MR) is 120 cm³/mol. The fourth-order valence-electron chi connectivity index (χ4n) is 5.32. The molecule has 0 saturated heterocycles. The van der Waals surface area contributed by atoms with Gasteiger partial charge in [0.05, 0.1) is 0 Å². The number of hydrogen-bond acceptors (Lipinski definition) is 3. The summed E-state index contributed by atoms with van der Waals surface area (Å²) < 4.78 is 1.55. The van der Waals surface area contributed by atoms with Crippen molar-refractivity contribution in [1.29, 1.82) is 0 Å². The number of phenols is 2. The summed E-state index contributed by atoms with van der Waals surface area (Å²) in [6.45, 7) is 9.13. The van der Waals surface area contributed by atoms with Crippen molar-refractivity contribution in [2.24, 2.45) is 0 Å². The van der Waals surface area contributed by atoms with E-state index in [0.717, 1.165) is 12.8 Å². The Morgan fingerprint density at radius 2 is 1.15 bits per heavy atom. The summed E-state index contributed by atoms with van der Waals surface area (Å²) in [4.78, 5) is 0. The van der Waals surface area contributed by atoms with E-state index in [-0.39, 0.29) is 16.2 Å². The third-order valence-corrected chi connectivity index (χ3v) is 5.98. The Morgan fingerprint density at radius 1 is 0.808 bits per heavy atom. The number of benzene rings is 2. The molecule has 0 atom stereocenters. The first-order valence-electron chi connectivity index (χ1n) is 8.79. The first-order chi connectivity index (χ1) is 12.1. The van der Waals surface area contributed by atoms with Crippen LogP contribution in [0.1, 0.15) is 62.8 Å². The van der Waals surface area contributed by atoms with Crippen molar-refractivity contribution in [2.75, 3.05) is 0 Å². The molecular formula is C21H24BIO2S. The van der Waals surface area contributed by atoms with Gasteiger partial charge in [0, 0.05) is 5.41 Å². The minimum atomic E-state index is -0.116. The summed E-state index contributed by atoms with van der Waals surface area (Å²) in [6.07, 6.45) is 2.03. The molecule has 0 aliphatic heterocycles. The van der Waals surface area contributed by atoms with Gasteiger partial charge < -0.3 is 10.2 Å². The Morgan fingerprint density at radius 3 is 1.50 bits per heavy atom. The van der Waals surface area contributed by atoms with Crippen molar-refractivity contribution >= 4 is 38.4 Å². The molecular weight excluding hydrogens is 454 g/mol. The standard InChI is InChI=1S/C21H24O2.BIS/c1-19(2)11-21(17-9-13(22)5-7-15(17)19)12-20(3,4)16-8-6-14(23)10-18(16)21;2-1-3/h5-10,22-23H,11-12H2,1-4H3;. The Kier molecular flexibility index (Phi) is 5.02. The maximum absolute atomic E-state index is 10.1. The Hall–Kier alpha value is -0.945. The van der Waals surface area contributed by atoms with E-state index in [2.05, 4.69) is 51.9 Å². The molecule has 2 nitrogen and oxygen atoms in total. The Labute approximate surface area is 175 Å². The van der Waals surface area contributed by atoms with E-state index in [1.165, 1.54) is 22.3 Å². The molecule has 2 aromatic rings. The summed E-state index contributed by atoms with van der Waals surface area (Å²) in [5, 5.41) is 20.2. The number of halogens is 1. The van der Waals surface area contributed by atoms with Crippen LogP contribution in [0.3, 0.4) is 0 Å². The van der Waals surface area contributed by atoms with Crippen molar-refractivity contribution < 1.29 is 10.2 Å². The van der Waals surface area contributed by atoms with Crippen LogP contribution < -0.4 is 0 Å². The molecule has 2 aromatic carbocycles. The van der Waals surface area contributed by atoms with E-state index in [9.17, 15) is 10.2 Å². The fraction of sp³-hybridized carbons (Fsp3) is 0.429. The molecule has 2 aliphatic rings. The number of fused-ring (bicyclic) bond motifs is 4. The van der Waals surface area contributed by atoms with E-state index in [4.69, 9.17) is 0 Å². The summed E-state index contributed by atoms with van der Waals surface area (Å²) in [5.74, 6) is 0.652. The maximum atomic E-state index is 10.1. The number of aromatic hydroxyl groups is 2. The number of phenolic OH excluding ortho intramolecular Hbond substituents is 2. The van der Waals surface area contributed by atoms with Crippen LogP contribution in [0.2, 0.25) is 0 Å². The van der Waals surface area contributed by atoms with Crippen LogP contribution in [0.4, 0.5) is 0 Å². The summed E-state index contributed by atoms with van der Waals surface area (Å²) >= 11 is 6.23. The van der Waals surface area contributed by atoms with Gasteiger partial charge in [0.1, 0.15) is 11.5 Å². The second kappa shape index (κ2) is 6.59. The van der Waals surface area contributed by atoms with Crippen LogP contribution in [0.25, 0.3) is 0 Å². The second-order valence-corrected chi connectivity index (χ2v) is 10.5. The second-order valence-electron chi connectivity index (χ2n) is 8.75. The van der Waals surface area contributed by atoms with Crippen molar-refractivity contribution in [1.82, 2.24) is 0 Å². The minimum absolute atomic E-state index is 0.0617. The molecule has 0 unspecified atom stereocenters. The van der Waals surface area contributed by atoms with E-state index < -0.39 is 0 Å². The van der Waals surface area contributed by atoms with Crippen LogP contribution in [0.5, 0.6) is 11.5 Å². The zero-order valence-corrected chi connectivity index (χ0v) is 18.6. The normalized spacial score (nSPS) is 19.9. The van der Waals surface area contributed by atoms with Gasteiger partial charge in [0.25, 0.3) is 0 Å². The zero-order valence-electron chi connectivity index (χ0n) is 15.6. The summed E-state index contributed by atoms with van der Waals surface area (Å²) in [6, 6.07) is 11.6. The molecule has 0 heterocycles. The molecule has 5 heteroatoms. The molecule has 2 aliphatic carbocycles. The fourth-order valence-corrected chi connectivity index (χ4v) is 5.32. The number of rotatable bonds is 0. The average Bonchev–Trinajstić information content (AvgIpc) is 2.87. The van der Waals surface area contributed by atoms with Crippen molar-refractivity contribution in [3.63, 3.8) is 0 Å². The van der Waals surface area contributed by atoms with Gasteiger partial charge in [0.2, 0.25) is 0 Å². The quantitative estimate of drug-likeness (QED) is 0.366. The molecule has 0 radical (unpaired) electrons. The van der Waals surface area contributed by atoms with Gasteiger partial charge in [-0.1, -0.05) is 39.8 Å². The Bertz CT molecular complexity index is 807. The molecule has 0 fully saturated rings. The molecule has 0 saturated carbocycles. The molecule has 4 rings (SSSR count). The molecule has 0 amide bonds. The monoisotopic (exact) mass is 478 g/mol. The van der Waals surface area contributed by atoms with Gasteiger partial charge in [-0.2, -0.15) is 0 Å². The average molecular weight is 478 g/mol. The van der Waals surface area contributed by atoms with Crippen molar-refractivity contribution in [2.45, 2.75) is 56.8 Å². The van der Waals surface area contributed by atoms with Gasteiger partial charge in [-0.3, -0.25) is 0 Å². The molecule has 2 N–H and O–H groups in total. The van der Waals surface area contributed by atoms with E-state index in [1.807, 2.05) is 34.5 Å².